The summed E-state index contributed by atoms with van der Waals surface area (Å²) in [6.07, 6.45) is 7.14. The topological polar surface area (TPSA) is 98.7 Å². The number of aromatic hydroxyl groups is 1. The average Bonchev–Trinajstić information content (AvgIpc) is 2.84. The quantitative estimate of drug-likeness (QED) is 0.170. The first-order chi connectivity index (χ1) is 16.6. The molecular formula is C24H35B4N3O4. The Labute approximate surface area is 215 Å². The van der Waals surface area contributed by atoms with Gasteiger partial charge in [0.25, 0.3) is 0 Å². The van der Waals surface area contributed by atoms with Gasteiger partial charge in [0.15, 0.2) is 0 Å². The van der Waals surface area contributed by atoms with E-state index in [0.29, 0.717) is 25.9 Å². The molecule has 0 aliphatic heterocycles. The monoisotopic (exact) mass is 473 g/mol. The molecular weight excluding hydrogens is 438 g/mol. The van der Waals surface area contributed by atoms with Gasteiger partial charge < -0.3 is 20.6 Å². The van der Waals surface area contributed by atoms with Crippen molar-refractivity contribution in [2.24, 2.45) is 0 Å². The number of hydrogen-bond acceptors (Lipinski definition) is 4. The maximum Gasteiger partial charge on any atom is 0.226 e. The zero-order chi connectivity index (χ0) is 26.4. The minimum absolute atomic E-state index is 0.0172. The molecule has 35 heavy (non-hydrogen) atoms. The second-order valence-electron chi connectivity index (χ2n) is 8.67. The molecule has 0 fully saturated rings. The summed E-state index contributed by atoms with van der Waals surface area (Å²) in [4.78, 5) is 38.4. The van der Waals surface area contributed by atoms with Crippen molar-refractivity contribution in [3.05, 3.63) is 0 Å². The van der Waals surface area contributed by atoms with E-state index >= 15 is 0 Å². The number of phenolic OH excluding ortho intramolecular Hbond substituents is 1. The van der Waals surface area contributed by atoms with Gasteiger partial charge in [0.1, 0.15) is 31.4 Å². The Bertz CT molecular complexity index is 839. The third-order valence-corrected chi connectivity index (χ3v) is 5.75. The molecule has 3 N–H and O–H groups in total. The highest BCUT2D eigenvalue weighted by Gasteiger charge is 2.17. The summed E-state index contributed by atoms with van der Waals surface area (Å²) in [7, 11) is 23.2. The molecule has 11 heteroatoms. The molecule has 1 aromatic carbocycles. The van der Waals surface area contributed by atoms with Crippen molar-refractivity contribution in [2.45, 2.75) is 78.1 Å². The fourth-order valence-electron chi connectivity index (χ4n) is 3.56. The first-order valence-corrected chi connectivity index (χ1v) is 12.4. The van der Waals surface area contributed by atoms with Crippen LogP contribution in [0.4, 0.5) is 5.69 Å². The number of nitrogens with zero attached hydrogens (tertiary/aromatic N) is 1. The fourth-order valence-corrected chi connectivity index (χ4v) is 3.56. The molecule has 1 rings (SSSR count). The van der Waals surface area contributed by atoms with Gasteiger partial charge in [0, 0.05) is 44.6 Å². The number of rotatable bonds is 16. The Morgan fingerprint density at radius 3 is 1.97 bits per heavy atom. The molecule has 0 unspecified atom stereocenters. The maximum absolute atomic E-state index is 12.7. The molecule has 0 aromatic heterocycles. The van der Waals surface area contributed by atoms with Crippen LogP contribution < -0.4 is 32.5 Å². The summed E-state index contributed by atoms with van der Waals surface area (Å²) in [5, 5.41) is 15.3. The summed E-state index contributed by atoms with van der Waals surface area (Å²) in [6, 6.07) is 0. The van der Waals surface area contributed by atoms with Crippen molar-refractivity contribution in [2.75, 3.05) is 25.0 Å². The van der Waals surface area contributed by atoms with Gasteiger partial charge in [0.05, 0.1) is 5.75 Å². The summed E-state index contributed by atoms with van der Waals surface area (Å²) in [5.41, 5.74) is -0.395. The van der Waals surface area contributed by atoms with E-state index in [1.165, 1.54) is 0 Å². The predicted molar refractivity (Wildman–Crippen MR) is 145 cm³/mol. The number of carbonyl (C=O) groups excluding carboxylic acids is 3. The normalized spacial score (nSPS) is 10.7. The summed E-state index contributed by atoms with van der Waals surface area (Å²) in [6.45, 7) is 5.47. The largest absolute Gasteiger partial charge is 0.509 e. The van der Waals surface area contributed by atoms with Crippen molar-refractivity contribution in [1.82, 2.24) is 10.2 Å². The number of unbranched alkanes of at least 4 members (excludes halogenated alkanes) is 4. The molecule has 7 nitrogen and oxygen atoms in total. The van der Waals surface area contributed by atoms with E-state index in [0.717, 1.165) is 44.9 Å². The lowest BCUT2D eigenvalue weighted by Crippen LogP contribution is -2.44. The number of amides is 3. The van der Waals surface area contributed by atoms with Crippen LogP contribution in [0.1, 0.15) is 78.1 Å². The van der Waals surface area contributed by atoms with Gasteiger partial charge in [0.2, 0.25) is 17.7 Å². The van der Waals surface area contributed by atoms with Crippen LogP contribution in [-0.2, 0) is 14.4 Å². The van der Waals surface area contributed by atoms with Crippen molar-refractivity contribution in [3.63, 3.8) is 0 Å². The molecule has 182 valence electrons. The number of benzene rings is 1. The van der Waals surface area contributed by atoms with E-state index in [1.807, 2.05) is 13.8 Å². The van der Waals surface area contributed by atoms with Crippen LogP contribution in [0.3, 0.4) is 0 Å². The highest BCUT2D eigenvalue weighted by Crippen LogP contribution is 2.08. The molecule has 8 radical (unpaired) electrons. The van der Waals surface area contributed by atoms with Gasteiger partial charge in [-0.3, -0.25) is 14.4 Å². The third-order valence-electron chi connectivity index (χ3n) is 5.75. The number of nitrogens with one attached hydrogen (secondary N) is 2. The van der Waals surface area contributed by atoms with E-state index in [-0.39, 0.29) is 52.3 Å². The highest BCUT2D eigenvalue weighted by atomic mass is 16.3. The predicted octanol–water partition coefficient (Wildman–Crippen LogP) is -0.608. The van der Waals surface area contributed by atoms with Crippen molar-refractivity contribution in [1.29, 1.82) is 0 Å². The van der Waals surface area contributed by atoms with E-state index in [1.54, 1.807) is 4.90 Å². The lowest BCUT2D eigenvalue weighted by atomic mass is 9.68. The van der Waals surface area contributed by atoms with Crippen LogP contribution >= 0.6 is 0 Å². The first-order valence-electron chi connectivity index (χ1n) is 12.4. The molecule has 0 spiro atoms. The Balaban J connectivity index is 2.59. The van der Waals surface area contributed by atoms with Crippen molar-refractivity contribution >= 4 is 76.6 Å². The van der Waals surface area contributed by atoms with Gasteiger partial charge in [-0.15, -0.1) is 0 Å². The Morgan fingerprint density at radius 2 is 1.37 bits per heavy atom. The average molecular weight is 473 g/mol. The van der Waals surface area contributed by atoms with Crippen LogP contribution in [0.15, 0.2) is 0 Å². The van der Waals surface area contributed by atoms with E-state index in [9.17, 15) is 19.5 Å². The molecule has 0 bridgehead atoms. The Kier molecular flexibility index (Phi) is 14.4. The first kappa shape index (κ1) is 30.7. The van der Waals surface area contributed by atoms with E-state index in [2.05, 4.69) is 10.6 Å². The highest BCUT2D eigenvalue weighted by molar-refractivity contribution is 6.61. The van der Waals surface area contributed by atoms with Crippen LogP contribution in [0, 0.1) is 0 Å². The molecule has 3 amide bonds. The number of phenols is 1. The van der Waals surface area contributed by atoms with E-state index in [4.69, 9.17) is 31.4 Å². The number of carbonyl (C=O) groups is 3. The van der Waals surface area contributed by atoms with Crippen LogP contribution in [0.25, 0.3) is 0 Å². The van der Waals surface area contributed by atoms with Gasteiger partial charge in [-0.1, -0.05) is 55.0 Å². The van der Waals surface area contributed by atoms with Gasteiger partial charge >= 0.3 is 0 Å². The minimum Gasteiger partial charge on any atom is -0.509 e. The van der Waals surface area contributed by atoms with Gasteiger partial charge in [-0.25, -0.2) is 0 Å². The molecule has 0 heterocycles. The molecule has 0 aliphatic rings. The van der Waals surface area contributed by atoms with Crippen LogP contribution in [-0.4, -0.2) is 78.7 Å². The zero-order valence-corrected chi connectivity index (χ0v) is 21.1. The second kappa shape index (κ2) is 16.4. The fraction of sp³-hybridized carbons (Fsp3) is 0.625. The van der Waals surface area contributed by atoms with Crippen LogP contribution in [0.2, 0.25) is 0 Å². The summed E-state index contributed by atoms with van der Waals surface area (Å²) in [5.74, 6) is -0.721. The van der Waals surface area contributed by atoms with Gasteiger partial charge in [-0.05, 0) is 25.7 Å². The maximum atomic E-state index is 12.7. The van der Waals surface area contributed by atoms with Gasteiger partial charge in [-0.2, -0.15) is 0 Å². The zero-order valence-electron chi connectivity index (χ0n) is 21.1. The molecule has 0 atom stereocenters. The standard InChI is InChI=1S/C24H35B4N3O4/c1-3-5-11-18(34)31(14-9-7-6-8-13-29-16(32)10-4-2)15-12-17(33)30-23-19(25)21(27)24(35)22(28)20(23)26/h35H,3-15H2,1-2H3,(H,29,32)(H,30,33). The second-order valence-corrected chi connectivity index (χ2v) is 8.67. The van der Waals surface area contributed by atoms with Crippen molar-refractivity contribution in [3.8, 4) is 5.75 Å². The third kappa shape index (κ3) is 10.5. The van der Waals surface area contributed by atoms with Crippen LogP contribution in [0.5, 0.6) is 5.75 Å². The number of hydrogen-bond donors (Lipinski definition) is 3. The van der Waals surface area contributed by atoms with E-state index < -0.39 is 11.7 Å². The smallest absolute Gasteiger partial charge is 0.226 e. The SMILES string of the molecule is [B]c1c([B])c(NC(=O)CCN(CCCCCCNC(=O)CCC)C(=O)CCCC)c([B])c([B])c1O. The summed E-state index contributed by atoms with van der Waals surface area (Å²) >= 11 is 0. The Morgan fingerprint density at radius 1 is 0.743 bits per heavy atom. The lowest BCUT2D eigenvalue weighted by Gasteiger charge is -2.24. The van der Waals surface area contributed by atoms with Crippen molar-refractivity contribution < 1.29 is 19.5 Å². The molecule has 0 aliphatic carbocycles. The molecule has 0 saturated heterocycles. The molecule has 1 aromatic rings. The Hall–Kier alpha value is -2.31. The summed E-state index contributed by atoms with van der Waals surface area (Å²) < 4.78 is 0. The molecule has 0 saturated carbocycles. The number of anilines is 1. The lowest BCUT2D eigenvalue weighted by molar-refractivity contribution is -0.132. The minimum atomic E-state index is -0.422.